The Morgan fingerprint density at radius 2 is 1.70 bits per heavy atom. The maximum absolute atomic E-state index is 12.3. The third kappa shape index (κ3) is 7.03. The van der Waals surface area contributed by atoms with Crippen molar-refractivity contribution in [3.05, 3.63) is 58.6 Å². The van der Waals surface area contributed by atoms with Crippen molar-refractivity contribution in [2.24, 2.45) is 0 Å². The second kappa shape index (κ2) is 9.94. The van der Waals surface area contributed by atoms with Crippen LogP contribution in [0.25, 0.3) is 0 Å². The Bertz CT molecular complexity index is 856. The van der Waals surface area contributed by atoms with E-state index in [2.05, 4.69) is 5.32 Å². The molecule has 0 heterocycles. The van der Waals surface area contributed by atoms with E-state index < -0.39 is 10.1 Å². The van der Waals surface area contributed by atoms with Crippen molar-refractivity contribution < 1.29 is 17.4 Å². The Balaban J connectivity index is 1.90. The van der Waals surface area contributed by atoms with Gasteiger partial charge in [-0.3, -0.25) is 9.69 Å². The van der Waals surface area contributed by atoms with E-state index in [1.807, 2.05) is 6.92 Å². The van der Waals surface area contributed by atoms with Gasteiger partial charge < -0.3 is 9.50 Å². The van der Waals surface area contributed by atoms with Crippen molar-refractivity contribution in [3.63, 3.8) is 0 Å². The molecule has 146 valence electrons. The molecule has 0 aliphatic carbocycles. The number of carbonyl (C=O) groups excluding carboxylic acids is 1. The van der Waals surface area contributed by atoms with Gasteiger partial charge >= 0.3 is 10.1 Å². The first-order valence-electron chi connectivity index (χ1n) is 8.24. The van der Waals surface area contributed by atoms with Crippen LogP contribution in [0, 0.1) is 0 Å². The van der Waals surface area contributed by atoms with Crippen LogP contribution in [0.5, 0.6) is 5.75 Å². The highest BCUT2D eigenvalue weighted by Gasteiger charge is 2.18. The summed E-state index contributed by atoms with van der Waals surface area (Å²) in [6.07, 6.45) is 0. The van der Waals surface area contributed by atoms with Gasteiger partial charge in [0, 0.05) is 6.54 Å². The maximum Gasteiger partial charge on any atom is 0.310 e. The van der Waals surface area contributed by atoms with Crippen LogP contribution < -0.4 is 9.50 Å². The summed E-state index contributed by atoms with van der Waals surface area (Å²) in [7, 11) is -3.76. The third-order valence-electron chi connectivity index (χ3n) is 3.67. The van der Waals surface area contributed by atoms with E-state index in [0.717, 1.165) is 0 Å². The fourth-order valence-electron chi connectivity index (χ4n) is 2.25. The number of carbonyl (C=O) groups is 1. The van der Waals surface area contributed by atoms with Crippen LogP contribution in [0.15, 0.2) is 48.5 Å². The first-order chi connectivity index (χ1) is 12.8. The number of benzene rings is 2. The quantitative estimate of drug-likeness (QED) is 0.614. The van der Waals surface area contributed by atoms with Gasteiger partial charge in [-0.1, -0.05) is 54.4 Å². The van der Waals surface area contributed by atoms with Gasteiger partial charge in [0.05, 0.1) is 28.0 Å². The highest BCUT2D eigenvalue weighted by atomic mass is 35.5. The largest absolute Gasteiger partial charge is 0.382 e. The molecule has 0 aliphatic heterocycles. The number of amides is 1. The van der Waals surface area contributed by atoms with Crippen molar-refractivity contribution in [1.82, 2.24) is 4.90 Å². The molecule has 2 aromatic carbocycles. The molecule has 27 heavy (non-hydrogen) atoms. The monoisotopic (exact) mass is 430 g/mol. The molecule has 0 bridgehead atoms. The molecule has 0 saturated heterocycles. The zero-order valence-corrected chi connectivity index (χ0v) is 17.0. The van der Waals surface area contributed by atoms with Crippen molar-refractivity contribution in [2.75, 3.05) is 30.7 Å². The summed E-state index contributed by atoms with van der Waals surface area (Å²) < 4.78 is 29.2. The van der Waals surface area contributed by atoms with Gasteiger partial charge in [0.15, 0.2) is 0 Å². The summed E-state index contributed by atoms with van der Waals surface area (Å²) in [4.78, 5) is 13.9. The number of para-hydroxylation sites is 2. The first-order valence-corrected chi connectivity index (χ1v) is 10.6. The van der Waals surface area contributed by atoms with Crippen LogP contribution in [0.4, 0.5) is 5.69 Å². The lowest BCUT2D eigenvalue weighted by molar-refractivity contribution is -0.117. The highest BCUT2D eigenvalue weighted by molar-refractivity contribution is 7.87. The molecule has 0 radical (unpaired) electrons. The van der Waals surface area contributed by atoms with E-state index in [0.29, 0.717) is 22.3 Å². The zero-order valence-electron chi connectivity index (χ0n) is 14.7. The van der Waals surface area contributed by atoms with Crippen LogP contribution in [-0.2, 0) is 14.9 Å². The standard InChI is InChI=1S/C18H20Cl2N2O4S/c1-2-22(11-12-27(24,25)26-14-7-4-3-5-8-14)13-17(23)21-18-15(19)9-6-10-16(18)20/h3-10H,2,11-13H2,1H3,(H,21,23). The summed E-state index contributed by atoms with van der Waals surface area (Å²) in [5.41, 5.74) is 0.335. The Kier molecular flexibility index (Phi) is 7.91. The predicted octanol–water partition coefficient (Wildman–Crippen LogP) is 3.66. The smallest absolute Gasteiger partial charge is 0.310 e. The first kappa shape index (κ1) is 21.5. The molecule has 2 rings (SSSR count). The van der Waals surface area contributed by atoms with Crippen LogP contribution in [-0.4, -0.2) is 44.6 Å². The van der Waals surface area contributed by atoms with Gasteiger partial charge in [-0.25, -0.2) is 0 Å². The number of nitrogens with one attached hydrogen (secondary N) is 1. The highest BCUT2D eigenvalue weighted by Crippen LogP contribution is 2.29. The number of nitrogens with zero attached hydrogens (tertiary/aromatic N) is 1. The molecule has 9 heteroatoms. The molecule has 0 unspecified atom stereocenters. The minimum atomic E-state index is -3.76. The van der Waals surface area contributed by atoms with E-state index in [9.17, 15) is 13.2 Å². The zero-order chi connectivity index (χ0) is 19.9. The number of rotatable bonds is 9. The third-order valence-corrected chi connectivity index (χ3v) is 5.42. The van der Waals surface area contributed by atoms with Crippen LogP contribution in [0.1, 0.15) is 6.92 Å². The molecule has 0 fully saturated rings. The Hall–Kier alpha value is -1.80. The van der Waals surface area contributed by atoms with Crippen LogP contribution in [0.2, 0.25) is 10.0 Å². The van der Waals surface area contributed by atoms with Crippen molar-refractivity contribution >= 4 is 44.9 Å². The number of anilines is 1. The van der Waals surface area contributed by atoms with E-state index in [1.54, 1.807) is 53.4 Å². The molecule has 6 nitrogen and oxygen atoms in total. The molecule has 0 spiro atoms. The fourth-order valence-corrected chi connectivity index (χ4v) is 3.71. The predicted molar refractivity (Wildman–Crippen MR) is 108 cm³/mol. The lowest BCUT2D eigenvalue weighted by Crippen LogP contribution is -2.37. The van der Waals surface area contributed by atoms with Crippen LogP contribution >= 0.6 is 23.2 Å². The van der Waals surface area contributed by atoms with Gasteiger partial charge in [-0.2, -0.15) is 8.42 Å². The molecule has 0 aliphatic rings. The van der Waals surface area contributed by atoms with Gasteiger partial charge in [0.25, 0.3) is 0 Å². The summed E-state index contributed by atoms with van der Waals surface area (Å²) in [6, 6.07) is 13.2. The number of halogens is 2. The Morgan fingerprint density at radius 1 is 1.07 bits per heavy atom. The van der Waals surface area contributed by atoms with Crippen molar-refractivity contribution in [1.29, 1.82) is 0 Å². The summed E-state index contributed by atoms with van der Waals surface area (Å²) >= 11 is 12.1. The Labute approximate surface area is 169 Å². The average molecular weight is 431 g/mol. The van der Waals surface area contributed by atoms with Crippen molar-refractivity contribution in [3.8, 4) is 5.75 Å². The van der Waals surface area contributed by atoms with E-state index in [-0.39, 0.29) is 30.5 Å². The topological polar surface area (TPSA) is 75.7 Å². The molecule has 1 amide bonds. The lowest BCUT2D eigenvalue weighted by Gasteiger charge is -2.20. The fraction of sp³-hybridized carbons (Fsp3) is 0.278. The average Bonchev–Trinajstić information content (AvgIpc) is 2.62. The second-order valence-corrected chi connectivity index (χ2v) is 8.18. The number of likely N-dealkylation sites (N-methyl/N-ethyl adjacent to an activating group) is 1. The minimum absolute atomic E-state index is 0.00108. The van der Waals surface area contributed by atoms with Gasteiger partial charge in [-0.05, 0) is 30.8 Å². The summed E-state index contributed by atoms with van der Waals surface area (Å²) in [5.74, 6) is -0.324. The molecule has 1 N–H and O–H groups in total. The van der Waals surface area contributed by atoms with E-state index in [4.69, 9.17) is 27.4 Å². The minimum Gasteiger partial charge on any atom is -0.382 e. The molecular formula is C18H20Cl2N2O4S. The molecule has 2 aromatic rings. The number of hydrogen-bond acceptors (Lipinski definition) is 5. The second-order valence-electron chi connectivity index (χ2n) is 5.67. The summed E-state index contributed by atoms with van der Waals surface area (Å²) in [5, 5.41) is 3.32. The van der Waals surface area contributed by atoms with Crippen LogP contribution in [0.3, 0.4) is 0 Å². The Morgan fingerprint density at radius 3 is 2.30 bits per heavy atom. The SMILES string of the molecule is CCN(CCS(=O)(=O)Oc1ccccc1)CC(=O)Nc1c(Cl)cccc1Cl. The number of hydrogen-bond donors (Lipinski definition) is 1. The van der Waals surface area contributed by atoms with Gasteiger partial charge in [-0.15, -0.1) is 0 Å². The normalized spacial score (nSPS) is 11.4. The molecule has 0 aromatic heterocycles. The van der Waals surface area contributed by atoms with Gasteiger partial charge in [0.1, 0.15) is 5.75 Å². The van der Waals surface area contributed by atoms with Crippen molar-refractivity contribution in [2.45, 2.75) is 6.92 Å². The summed E-state index contributed by atoms with van der Waals surface area (Å²) in [6.45, 7) is 2.47. The lowest BCUT2D eigenvalue weighted by atomic mass is 10.3. The van der Waals surface area contributed by atoms with E-state index in [1.165, 1.54) is 0 Å². The van der Waals surface area contributed by atoms with E-state index >= 15 is 0 Å². The molecule has 0 atom stereocenters. The molecular weight excluding hydrogens is 411 g/mol. The molecule has 0 saturated carbocycles. The maximum atomic E-state index is 12.3. The van der Waals surface area contributed by atoms with Gasteiger partial charge in [0.2, 0.25) is 5.91 Å².